The maximum Gasteiger partial charge on any atom is 0.407 e. The standard InChI is InChI=1S/C9H12N4O2/c14-9(15)13-6-4-12(5-7-13)8-10-2-1-3-11-8/h1-3H,4-7H2,(H,14,15). The molecule has 0 atom stereocenters. The number of aromatic nitrogens is 2. The number of carboxylic acid groups (broad SMARTS) is 1. The van der Waals surface area contributed by atoms with Gasteiger partial charge in [0.25, 0.3) is 0 Å². The molecular weight excluding hydrogens is 196 g/mol. The fourth-order valence-electron chi connectivity index (χ4n) is 1.55. The van der Waals surface area contributed by atoms with Gasteiger partial charge in [-0.05, 0) is 6.07 Å². The van der Waals surface area contributed by atoms with Crippen molar-refractivity contribution in [1.82, 2.24) is 14.9 Å². The minimum atomic E-state index is -0.858. The maximum absolute atomic E-state index is 10.7. The number of nitrogens with zero attached hydrogens (tertiary/aromatic N) is 4. The molecule has 6 nitrogen and oxygen atoms in total. The topological polar surface area (TPSA) is 69.6 Å². The lowest BCUT2D eigenvalue weighted by Gasteiger charge is -2.32. The van der Waals surface area contributed by atoms with Crippen molar-refractivity contribution in [2.75, 3.05) is 31.1 Å². The maximum atomic E-state index is 10.7. The first-order chi connectivity index (χ1) is 7.27. The Labute approximate surface area is 87.2 Å². The van der Waals surface area contributed by atoms with E-state index in [-0.39, 0.29) is 0 Å². The normalized spacial score (nSPS) is 16.5. The summed E-state index contributed by atoms with van der Waals surface area (Å²) in [7, 11) is 0. The van der Waals surface area contributed by atoms with Crippen LogP contribution < -0.4 is 4.90 Å². The molecule has 0 unspecified atom stereocenters. The second-order valence-electron chi connectivity index (χ2n) is 3.31. The smallest absolute Gasteiger partial charge is 0.407 e. The Morgan fingerprint density at radius 1 is 1.20 bits per heavy atom. The lowest BCUT2D eigenvalue weighted by atomic mass is 10.3. The van der Waals surface area contributed by atoms with Gasteiger partial charge < -0.3 is 14.9 Å². The third kappa shape index (κ3) is 2.15. The Balaban J connectivity index is 1.97. The molecular formula is C9H12N4O2. The summed E-state index contributed by atoms with van der Waals surface area (Å²) in [5.41, 5.74) is 0. The van der Waals surface area contributed by atoms with Crippen molar-refractivity contribution >= 4 is 12.0 Å². The first-order valence-electron chi connectivity index (χ1n) is 4.77. The van der Waals surface area contributed by atoms with Gasteiger partial charge in [-0.1, -0.05) is 0 Å². The lowest BCUT2D eigenvalue weighted by molar-refractivity contribution is 0.142. The van der Waals surface area contributed by atoms with Gasteiger partial charge in [0.1, 0.15) is 0 Å². The summed E-state index contributed by atoms with van der Waals surface area (Å²) in [6.45, 7) is 2.31. The van der Waals surface area contributed by atoms with Gasteiger partial charge in [-0.15, -0.1) is 0 Å². The summed E-state index contributed by atoms with van der Waals surface area (Å²) in [6.07, 6.45) is 2.52. The van der Waals surface area contributed by atoms with E-state index in [4.69, 9.17) is 5.11 Å². The number of hydrogen-bond donors (Lipinski definition) is 1. The molecule has 0 aliphatic carbocycles. The van der Waals surface area contributed by atoms with Gasteiger partial charge >= 0.3 is 6.09 Å². The molecule has 6 heteroatoms. The van der Waals surface area contributed by atoms with E-state index < -0.39 is 6.09 Å². The summed E-state index contributed by atoms with van der Waals surface area (Å²) >= 11 is 0. The van der Waals surface area contributed by atoms with Crippen molar-refractivity contribution < 1.29 is 9.90 Å². The molecule has 0 aromatic carbocycles. The summed E-state index contributed by atoms with van der Waals surface area (Å²) in [5.74, 6) is 0.669. The fraction of sp³-hybridized carbons (Fsp3) is 0.444. The summed E-state index contributed by atoms with van der Waals surface area (Å²) in [4.78, 5) is 22.3. The fourth-order valence-corrected chi connectivity index (χ4v) is 1.55. The number of rotatable bonds is 1. The van der Waals surface area contributed by atoms with Crippen LogP contribution in [0, 0.1) is 0 Å². The van der Waals surface area contributed by atoms with Gasteiger partial charge in [-0.25, -0.2) is 14.8 Å². The van der Waals surface area contributed by atoms with Gasteiger partial charge in [0, 0.05) is 38.6 Å². The minimum Gasteiger partial charge on any atom is -0.465 e. The molecule has 1 saturated heterocycles. The van der Waals surface area contributed by atoms with E-state index in [0.29, 0.717) is 32.1 Å². The van der Waals surface area contributed by atoms with Crippen molar-refractivity contribution in [3.63, 3.8) is 0 Å². The van der Waals surface area contributed by atoms with E-state index in [1.54, 1.807) is 18.5 Å². The predicted molar refractivity (Wildman–Crippen MR) is 53.8 cm³/mol. The van der Waals surface area contributed by atoms with Crippen LogP contribution in [0.1, 0.15) is 0 Å². The van der Waals surface area contributed by atoms with Crippen molar-refractivity contribution in [3.05, 3.63) is 18.5 Å². The van der Waals surface area contributed by atoms with Crippen molar-refractivity contribution in [1.29, 1.82) is 0 Å². The van der Waals surface area contributed by atoms with Crippen LogP contribution in [0.2, 0.25) is 0 Å². The number of carbonyl (C=O) groups is 1. The highest BCUT2D eigenvalue weighted by atomic mass is 16.4. The average molecular weight is 208 g/mol. The highest BCUT2D eigenvalue weighted by Crippen LogP contribution is 2.09. The summed E-state index contributed by atoms with van der Waals surface area (Å²) in [6, 6.07) is 1.76. The molecule has 1 aromatic rings. The van der Waals surface area contributed by atoms with Crippen molar-refractivity contribution in [3.8, 4) is 0 Å². The molecule has 15 heavy (non-hydrogen) atoms. The van der Waals surface area contributed by atoms with E-state index in [1.807, 2.05) is 4.90 Å². The molecule has 2 rings (SSSR count). The zero-order chi connectivity index (χ0) is 10.7. The van der Waals surface area contributed by atoms with Gasteiger partial charge in [0.05, 0.1) is 0 Å². The molecule has 80 valence electrons. The largest absolute Gasteiger partial charge is 0.465 e. The molecule has 1 aliphatic rings. The first-order valence-corrected chi connectivity index (χ1v) is 4.77. The van der Waals surface area contributed by atoms with Gasteiger partial charge in [0.2, 0.25) is 5.95 Å². The number of hydrogen-bond acceptors (Lipinski definition) is 4. The van der Waals surface area contributed by atoms with Gasteiger partial charge in [-0.2, -0.15) is 0 Å². The van der Waals surface area contributed by atoms with Crippen LogP contribution in [0.25, 0.3) is 0 Å². The molecule has 0 bridgehead atoms. The first kappa shape index (κ1) is 9.70. The van der Waals surface area contributed by atoms with Crippen LogP contribution in [0.4, 0.5) is 10.7 Å². The Bertz CT molecular complexity index is 335. The third-order valence-electron chi connectivity index (χ3n) is 2.39. The third-order valence-corrected chi connectivity index (χ3v) is 2.39. The Morgan fingerprint density at radius 3 is 2.33 bits per heavy atom. The van der Waals surface area contributed by atoms with E-state index in [2.05, 4.69) is 9.97 Å². The number of anilines is 1. The van der Waals surface area contributed by atoms with E-state index in [1.165, 1.54) is 4.90 Å². The highest BCUT2D eigenvalue weighted by Gasteiger charge is 2.21. The zero-order valence-corrected chi connectivity index (χ0v) is 8.20. The van der Waals surface area contributed by atoms with Crippen LogP contribution in [0.15, 0.2) is 18.5 Å². The molecule has 1 N–H and O–H groups in total. The SMILES string of the molecule is O=C(O)N1CCN(c2ncccn2)CC1. The second kappa shape index (κ2) is 4.12. The van der Waals surface area contributed by atoms with Crippen molar-refractivity contribution in [2.45, 2.75) is 0 Å². The highest BCUT2D eigenvalue weighted by molar-refractivity contribution is 5.65. The zero-order valence-electron chi connectivity index (χ0n) is 8.20. The second-order valence-corrected chi connectivity index (χ2v) is 3.31. The molecule has 1 aromatic heterocycles. The number of piperazine rings is 1. The summed E-state index contributed by atoms with van der Waals surface area (Å²) < 4.78 is 0. The van der Waals surface area contributed by atoms with E-state index in [0.717, 1.165) is 0 Å². The van der Waals surface area contributed by atoms with Gasteiger partial charge in [-0.3, -0.25) is 0 Å². The van der Waals surface area contributed by atoms with Crippen molar-refractivity contribution in [2.24, 2.45) is 0 Å². The van der Waals surface area contributed by atoms with Crippen LogP contribution in [0.3, 0.4) is 0 Å². The van der Waals surface area contributed by atoms with Crippen LogP contribution in [-0.4, -0.2) is 52.2 Å². The quantitative estimate of drug-likeness (QED) is 0.717. The Kier molecular flexibility index (Phi) is 2.66. The monoisotopic (exact) mass is 208 g/mol. The predicted octanol–water partition coefficient (Wildman–Crippen LogP) is 0.277. The molecule has 1 aliphatic heterocycles. The van der Waals surface area contributed by atoms with Gasteiger partial charge in [0.15, 0.2) is 0 Å². The summed E-state index contributed by atoms with van der Waals surface area (Å²) in [5, 5.41) is 8.77. The van der Waals surface area contributed by atoms with Crippen LogP contribution >= 0.6 is 0 Å². The van der Waals surface area contributed by atoms with Crippen LogP contribution in [0.5, 0.6) is 0 Å². The molecule has 0 saturated carbocycles. The average Bonchev–Trinajstić information content (AvgIpc) is 2.30. The van der Waals surface area contributed by atoms with E-state index in [9.17, 15) is 4.79 Å². The lowest BCUT2D eigenvalue weighted by Crippen LogP contribution is -2.48. The molecule has 1 amide bonds. The Hall–Kier alpha value is -1.85. The number of amides is 1. The molecule has 1 fully saturated rings. The molecule has 0 radical (unpaired) electrons. The van der Waals surface area contributed by atoms with Crippen LogP contribution in [-0.2, 0) is 0 Å². The minimum absolute atomic E-state index is 0.508. The molecule has 0 spiro atoms. The Morgan fingerprint density at radius 2 is 1.80 bits per heavy atom. The van der Waals surface area contributed by atoms with E-state index >= 15 is 0 Å². The molecule has 2 heterocycles.